The molecule has 1 rings (SSSR count). The van der Waals surface area contributed by atoms with Crippen LogP contribution in [0.15, 0.2) is 0 Å². The second-order valence-corrected chi connectivity index (χ2v) is 4.53. The molecule has 2 atom stereocenters. The molecule has 0 saturated carbocycles. The van der Waals surface area contributed by atoms with Crippen LogP contribution in [0.2, 0.25) is 0 Å². The van der Waals surface area contributed by atoms with Gasteiger partial charge in [-0.3, -0.25) is 9.59 Å². The minimum absolute atomic E-state index is 0.00556. The molecule has 0 aromatic carbocycles. The quantitative estimate of drug-likeness (QED) is 0.653. The summed E-state index contributed by atoms with van der Waals surface area (Å²) >= 11 is 0. The van der Waals surface area contributed by atoms with E-state index in [1.807, 2.05) is 13.8 Å². The molecule has 0 aromatic rings. The largest absolute Gasteiger partial charge is 0.394 e. The van der Waals surface area contributed by atoms with Crippen LogP contribution in [0.4, 0.5) is 0 Å². The molecule has 6 heteroatoms. The van der Waals surface area contributed by atoms with Crippen LogP contribution in [0.25, 0.3) is 0 Å². The second kappa shape index (κ2) is 6.70. The topological polar surface area (TPSA) is 81.1 Å². The predicted molar refractivity (Wildman–Crippen MR) is 65.8 cm³/mol. The van der Waals surface area contributed by atoms with Crippen molar-refractivity contribution in [3.8, 4) is 0 Å². The van der Waals surface area contributed by atoms with E-state index in [0.717, 1.165) is 0 Å². The number of aliphatic hydroxyl groups excluding tert-OH is 2. The lowest BCUT2D eigenvalue weighted by molar-refractivity contribution is -0.156. The maximum absolute atomic E-state index is 12.0. The Kier molecular flexibility index (Phi) is 5.55. The summed E-state index contributed by atoms with van der Waals surface area (Å²) in [5, 5.41) is 18.4. The highest BCUT2D eigenvalue weighted by atomic mass is 16.3. The van der Waals surface area contributed by atoms with E-state index in [1.165, 1.54) is 9.80 Å². The van der Waals surface area contributed by atoms with Crippen molar-refractivity contribution in [3.63, 3.8) is 0 Å². The Hall–Kier alpha value is -1.14. The SMILES string of the molecule is CCC(CO)N1CC(=O)N(C(CC)CO)CC1=O. The fraction of sp³-hybridized carbons (Fsp3) is 0.833. The van der Waals surface area contributed by atoms with E-state index in [1.54, 1.807) is 0 Å². The summed E-state index contributed by atoms with van der Waals surface area (Å²) in [4.78, 5) is 26.8. The zero-order valence-corrected chi connectivity index (χ0v) is 11.0. The van der Waals surface area contributed by atoms with Gasteiger partial charge >= 0.3 is 0 Å². The lowest BCUT2D eigenvalue weighted by Gasteiger charge is -2.40. The third-order valence-corrected chi connectivity index (χ3v) is 3.50. The first-order valence-corrected chi connectivity index (χ1v) is 6.39. The summed E-state index contributed by atoms with van der Waals surface area (Å²) in [5.74, 6) is -0.329. The summed E-state index contributed by atoms with van der Waals surface area (Å²) in [6, 6.07) is -0.587. The average molecular weight is 258 g/mol. The van der Waals surface area contributed by atoms with E-state index >= 15 is 0 Å². The van der Waals surface area contributed by atoms with Crippen LogP contribution in [-0.4, -0.2) is 70.2 Å². The molecular formula is C12H22N2O4. The number of aliphatic hydroxyl groups is 2. The molecule has 2 unspecified atom stereocenters. The number of amides is 2. The van der Waals surface area contributed by atoms with Gasteiger partial charge in [-0.05, 0) is 12.8 Å². The Morgan fingerprint density at radius 1 is 0.944 bits per heavy atom. The Balaban J connectivity index is 2.76. The van der Waals surface area contributed by atoms with Gasteiger partial charge in [0.2, 0.25) is 11.8 Å². The number of rotatable bonds is 6. The molecule has 0 spiro atoms. The highest BCUT2D eigenvalue weighted by molar-refractivity contribution is 5.93. The van der Waals surface area contributed by atoms with Crippen molar-refractivity contribution in [3.05, 3.63) is 0 Å². The molecule has 0 bridgehead atoms. The smallest absolute Gasteiger partial charge is 0.243 e. The molecule has 18 heavy (non-hydrogen) atoms. The van der Waals surface area contributed by atoms with Crippen LogP contribution in [0.3, 0.4) is 0 Å². The minimum atomic E-state index is -0.294. The van der Waals surface area contributed by atoms with Gasteiger partial charge in [0.05, 0.1) is 25.3 Å². The lowest BCUT2D eigenvalue weighted by atomic mass is 10.1. The van der Waals surface area contributed by atoms with Crippen molar-refractivity contribution >= 4 is 11.8 Å². The predicted octanol–water partition coefficient (Wildman–Crippen LogP) is -0.801. The maximum Gasteiger partial charge on any atom is 0.243 e. The van der Waals surface area contributed by atoms with Crippen molar-refractivity contribution < 1.29 is 19.8 Å². The molecule has 6 nitrogen and oxygen atoms in total. The van der Waals surface area contributed by atoms with E-state index in [9.17, 15) is 19.8 Å². The van der Waals surface area contributed by atoms with Crippen molar-refractivity contribution in [1.29, 1.82) is 0 Å². The van der Waals surface area contributed by atoms with Crippen LogP contribution in [0.5, 0.6) is 0 Å². The summed E-state index contributed by atoms with van der Waals surface area (Å²) in [6.07, 6.45) is 1.24. The Morgan fingerprint density at radius 2 is 1.28 bits per heavy atom. The summed E-state index contributed by atoms with van der Waals surface area (Å²) in [5.41, 5.74) is 0. The highest BCUT2D eigenvalue weighted by Gasteiger charge is 2.35. The lowest BCUT2D eigenvalue weighted by Crippen LogP contribution is -2.60. The number of carbonyl (C=O) groups excluding carboxylic acids is 2. The van der Waals surface area contributed by atoms with E-state index in [4.69, 9.17) is 0 Å². The van der Waals surface area contributed by atoms with Gasteiger partial charge < -0.3 is 20.0 Å². The molecular weight excluding hydrogens is 236 g/mol. The molecule has 0 aliphatic carbocycles. The molecule has 104 valence electrons. The van der Waals surface area contributed by atoms with Crippen LogP contribution in [0.1, 0.15) is 26.7 Å². The van der Waals surface area contributed by atoms with Gasteiger partial charge in [-0.25, -0.2) is 0 Å². The van der Waals surface area contributed by atoms with Crippen LogP contribution >= 0.6 is 0 Å². The number of nitrogens with zero attached hydrogens (tertiary/aromatic N) is 2. The first kappa shape index (κ1) is 14.9. The molecule has 1 fully saturated rings. The minimum Gasteiger partial charge on any atom is -0.394 e. The molecule has 2 amide bonds. The average Bonchev–Trinajstić information content (AvgIpc) is 2.37. The third kappa shape index (κ3) is 3.00. The van der Waals surface area contributed by atoms with E-state index in [0.29, 0.717) is 12.8 Å². The number of hydrogen-bond acceptors (Lipinski definition) is 4. The van der Waals surface area contributed by atoms with Gasteiger partial charge in [-0.15, -0.1) is 0 Å². The van der Waals surface area contributed by atoms with Crippen molar-refractivity contribution in [1.82, 2.24) is 9.80 Å². The first-order chi connectivity index (χ1) is 8.58. The van der Waals surface area contributed by atoms with Crippen LogP contribution in [0, 0.1) is 0 Å². The standard InChI is InChI=1S/C12H22N2O4/c1-3-9(7-15)13-5-12(18)14(6-11(13)17)10(4-2)8-16/h9-10,15-16H,3-8H2,1-2H3. The third-order valence-electron chi connectivity index (χ3n) is 3.50. The molecule has 1 heterocycles. The molecule has 1 aliphatic rings. The van der Waals surface area contributed by atoms with Crippen LogP contribution in [-0.2, 0) is 9.59 Å². The summed E-state index contributed by atoms with van der Waals surface area (Å²) in [6.45, 7) is 3.46. The zero-order valence-electron chi connectivity index (χ0n) is 11.0. The molecule has 0 radical (unpaired) electrons. The number of hydrogen-bond donors (Lipinski definition) is 2. The van der Waals surface area contributed by atoms with Crippen molar-refractivity contribution in [2.75, 3.05) is 26.3 Å². The van der Waals surface area contributed by atoms with Gasteiger partial charge in [-0.2, -0.15) is 0 Å². The second-order valence-electron chi connectivity index (χ2n) is 4.53. The summed E-state index contributed by atoms with van der Waals surface area (Å²) < 4.78 is 0. The fourth-order valence-corrected chi connectivity index (χ4v) is 2.21. The van der Waals surface area contributed by atoms with Gasteiger partial charge in [0.25, 0.3) is 0 Å². The Morgan fingerprint density at radius 3 is 1.50 bits per heavy atom. The fourth-order valence-electron chi connectivity index (χ4n) is 2.21. The molecule has 1 saturated heterocycles. The maximum atomic E-state index is 12.0. The first-order valence-electron chi connectivity index (χ1n) is 6.39. The molecule has 0 aromatic heterocycles. The van der Waals surface area contributed by atoms with E-state index in [2.05, 4.69) is 0 Å². The van der Waals surface area contributed by atoms with Crippen molar-refractivity contribution in [2.45, 2.75) is 38.8 Å². The van der Waals surface area contributed by atoms with Gasteiger partial charge in [0.15, 0.2) is 0 Å². The highest BCUT2D eigenvalue weighted by Crippen LogP contribution is 2.15. The molecule has 2 N–H and O–H groups in total. The zero-order chi connectivity index (χ0) is 13.7. The normalized spacial score (nSPS) is 20.2. The molecule has 1 aliphatic heterocycles. The van der Waals surface area contributed by atoms with E-state index < -0.39 is 0 Å². The van der Waals surface area contributed by atoms with Gasteiger partial charge in [0, 0.05) is 0 Å². The van der Waals surface area contributed by atoms with Crippen molar-refractivity contribution in [2.24, 2.45) is 0 Å². The Labute approximate surface area is 107 Å². The Bertz CT molecular complexity index is 270. The monoisotopic (exact) mass is 258 g/mol. The number of carbonyl (C=O) groups is 2. The number of piperazine rings is 1. The summed E-state index contributed by atoms with van der Waals surface area (Å²) in [7, 11) is 0. The van der Waals surface area contributed by atoms with Gasteiger partial charge in [-0.1, -0.05) is 13.8 Å². The van der Waals surface area contributed by atoms with Crippen LogP contribution < -0.4 is 0 Å². The van der Waals surface area contributed by atoms with E-state index in [-0.39, 0.29) is 50.2 Å². The van der Waals surface area contributed by atoms with Gasteiger partial charge in [0.1, 0.15) is 13.1 Å².